The maximum atomic E-state index is 13.0. The fourth-order valence-corrected chi connectivity index (χ4v) is 3.66. The fourth-order valence-electron chi connectivity index (χ4n) is 3.00. The van der Waals surface area contributed by atoms with Gasteiger partial charge in [0, 0.05) is 10.4 Å². The Morgan fingerprint density at radius 2 is 1.69 bits per heavy atom. The summed E-state index contributed by atoms with van der Waals surface area (Å²) in [6.07, 6.45) is 1.71. The molecule has 2 aromatic carbocycles. The minimum absolute atomic E-state index is 0.188. The maximum Gasteiger partial charge on any atom is 0.268 e. The highest BCUT2D eigenvalue weighted by molar-refractivity contribution is 7.10. The summed E-state index contributed by atoms with van der Waals surface area (Å²) in [4.78, 5) is 26.6. The Hall–Kier alpha value is -3.18. The molecule has 3 rings (SSSR count). The lowest BCUT2D eigenvalue weighted by Gasteiger charge is -2.18. The van der Waals surface area contributed by atoms with E-state index in [9.17, 15) is 9.59 Å². The highest BCUT2D eigenvalue weighted by atomic mass is 32.1. The molecule has 1 aromatic heterocycles. The Labute approximate surface area is 175 Å². The zero-order valence-corrected chi connectivity index (χ0v) is 17.5. The van der Waals surface area contributed by atoms with Crippen LogP contribution in [-0.2, 0) is 4.79 Å². The number of benzene rings is 2. The Morgan fingerprint density at radius 1 is 0.966 bits per heavy atom. The Kier molecular flexibility index (Phi) is 6.62. The summed E-state index contributed by atoms with van der Waals surface area (Å²) in [6, 6.07) is 18.8. The van der Waals surface area contributed by atoms with Crippen molar-refractivity contribution >= 4 is 29.2 Å². The number of carbonyl (C=O) groups excluding carboxylic acids is 2. The molecule has 0 unspecified atom stereocenters. The molecule has 0 radical (unpaired) electrons. The Morgan fingerprint density at radius 3 is 2.34 bits per heavy atom. The van der Waals surface area contributed by atoms with E-state index in [1.54, 1.807) is 18.2 Å². The maximum absolute atomic E-state index is 13.0. The van der Waals surface area contributed by atoms with E-state index in [-0.39, 0.29) is 23.6 Å². The van der Waals surface area contributed by atoms with Crippen molar-refractivity contribution in [3.05, 3.63) is 98.9 Å². The molecule has 0 saturated heterocycles. The third-order valence-electron chi connectivity index (χ3n) is 4.64. The van der Waals surface area contributed by atoms with Crippen LogP contribution in [0.25, 0.3) is 6.08 Å². The van der Waals surface area contributed by atoms with Crippen LogP contribution in [0.5, 0.6) is 0 Å². The van der Waals surface area contributed by atoms with E-state index in [1.807, 2.05) is 74.7 Å². The van der Waals surface area contributed by atoms with Crippen LogP contribution in [0.4, 0.5) is 0 Å². The molecule has 4 nitrogen and oxygen atoms in total. The van der Waals surface area contributed by atoms with E-state index in [1.165, 1.54) is 11.3 Å². The molecule has 0 spiro atoms. The smallest absolute Gasteiger partial charge is 0.268 e. The van der Waals surface area contributed by atoms with Gasteiger partial charge in [-0.2, -0.15) is 0 Å². The van der Waals surface area contributed by atoms with Crippen LogP contribution in [0, 0.1) is 13.8 Å². The van der Waals surface area contributed by atoms with Gasteiger partial charge >= 0.3 is 0 Å². The van der Waals surface area contributed by atoms with Crippen molar-refractivity contribution < 1.29 is 9.59 Å². The molecule has 2 amide bonds. The number of nitrogens with one attached hydrogen (secondary N) is 2. The molecule has 0 bridgehead atoms. The number of amides is 2. The number of carbonyl (C=O) groups is 2. The summed E-state index contributed by atoms with van der Waals surface area (Å²) in [5.74, 6) is -0.638. The van der Waals surface area contributed by atoms with Gasteiger partial charge < -0.3 is 10.6 Å². The first-order chi connectivity index (χ1) is 13.9. The number of thiophene rings is 1. The van der Waals surface area contributed by atoms with Crippen molar-refractivity contribution in [2.24, 2.45) is 0 Å². The molecule has 3 aromatic rings. The average molecular weight is 405 g/mol. The summed E-state index contributed by atoms with van der Waals surface area (Å²) < 4.78 is 0. The van der Waals surface area contributed by atoms with Gasteiger partial charge in [-0.3, -0.25) is 9.59 Å². The number of hydrogen-bond acceptors (Lipinski definition) is 3. The molecule has 0 fully saturated rings. The van der Waals surface area contributed by atoms with Crippen molar-refractivity contribution in [1.29, 1.82) is 0 Å². The van der Waals surface area contributed by atoms with Crippen molar-refractivity contribution in [1.82, 2.24) is 10.6 Å². The SMILES string of the molecule is Cc1ccc(C(=O)N/C(=C\c2cccs2)C(=O)N[C@H](C)c2ccccc2C)cc1. The zero-order valence-electron chi connectivity index (χ0n) is 16.7. The number of hydrogen-bond donors (Lipinski definition) is 2. The summed E-state index contributed by atoms with van der Waals surface area (Å²) >= 11 is 1.50. The lowest BCUT2D eigenvalue weighted by molar-refractivity contribution is -0.118. The minimum Gasteiger partial charge on any atom is -0.344 e. The average Bonchev–Trinajstić information content (AvgIpc) is 3.21. The van der Waals surface area contributed by atoms with Crippen molar-refractivity contribution in [2.45, 2.75) is 26.8 Å². The van der Waals surface area contributed by atoms with Gasteiger partial charge in [0.1, 0.15) is 5.70 Å². The van der Waals surface area contributed by atoms with E-state index < -0.39 is 0 Å². The first-order valence-corrected chi connectivity index (χ1v) is 10.3. The zero-order chi connectivity index (χ0) is 20.8. The molecule has 0 aliphatic carbocycles. The first kappa shape index (κ1) is 20.6. The van der Waals surface area contributed by atoms with Gasteiger partial charge in [-0.1, -0.05) is 48.0 Å². The summed E-state index contributed by atoms with van der Waals surface area (Å²) in [7, 11) is 0. The third kappa shape index (κ3) is 5.42. The van der Waals surface area contributed by atoms with E-state index in [4.69, 9.17) is 0 Å². The molecule has 0 aliphatic heterocycles. The quantitative estimate of drug-likeness (QED) is 0.567. The van der Waals surface area contributed by atoms with Crippen molar-refractivity contribution in [3.63, 3.8) is 0 Å². The molecule has 1 atom stereocenters. The molecular formula is C24H24N2O2S. The van der Waals surface area contributed by atoms with Crippen LogP contribution >= 0.6 is 11.3 Å². The van der Waals surface area contributed by atoms with Crippen molar-refractivity contribution in [3.8, 4) is 0 Å². The van der Waals surface area contributed by atoms with Crippen LogP contribution < -0.4 is 10.6 Å². The fraction of sp³-hybridized carbons (Fsp3) is 0.167. The van der Waals surface area contributed by atoms with Gasteiger partial charge in [0.2, 0.25) is 0 Å². The number of rotatable bonds is 6. The third-order valence-corrected chi connectivity index (χ3v) is 5.46. The van der Waals surface area contributed by atoms with Crippen molar-refractivity contribution in [2.75, 3.05) is 0 Å². The second-order valence-corrected chi connectivity index (χ2v) is 7.92. The molecule has 148 valence electrons. The molecule has 0 aliphatic rings. The predicted octanol–water partition coefficient (Wildman–Crippen LogP) is 5.01. The Balaban J connectivity index is 1.81. The standard InChI is InChI=1S/C24H24N2O2S/c1-16-10-12-19(13-11-16)23(27)26-22(15-20-8-6-14-29-20)24(28)25-18(3)21-9-5-4-7-17(21)2/h4-15,18H,1-3H3,(H,25,28)(H,26,27)/b22-15-/t18-/m1/s1. The summed E-state index contributed by atoms with van der Waals surface area (Å²) in [5, 5.41) is 7.71. The van der Waals surface area contributed by atoms with Gasteiger partial charge in [-0.15, -0.1) is 11.3 Å². The van der Waals surface area contributed by atoms with E-state index in [0.717, 1.165) is 21.6 Å². The highest BCUT2D eigenvalue weighted by Gasteiger charge is 2.18. The number of aryl methyl sites for hydroxylation is 2. The van der Waals surface area contributed by atoms with Gasteiger partial charge in [-0.25, -0.2) is 0 Å². The minimum atomic E-state index is -0.324. The Bertz CT molecular complexity index is 1020. The molecule has 5 heteroatoms. The van der Waals surface area contributed by atoms with E-state index in [2.05, 4.69) is 10.6 Å². The largest absolute Gasteiger partial charge is 0.344 e. The second-order valence-electron chi connectivity index (χ2n) is 6.95. The molecule has 29 heavy (non-hydrogen) atoms. The van der Waals surface area contributed by atoms with E-state index in [0.29, 0.717) is 5.56 Å². The van der Waals surface area contributed by atoms with Crippen LogP contribution in [0.2, 0.25) is 0 Å². The molecule has 1 heterocycles. The second kappa shape index (κ2) is 9.34. The van der Waals surface area contributed by atoms with Crippen LogP contribution in [0.15, 0.2) is 71.7 Å². The van der Waals surface area contributed by atoms with Gasteiger partial charge in [0.05, 0.1) is 6.04 Å². The first-order valence-electron chi connectivity index (χ1n) is 9.43. The van der Waals surface area contributed by atoms with Crippen LogP contribution in [0.3, 0.4) is 0 Å². The molecule has 0 saturated carbocycles. The predicted molar refractivity (Wildman–Crippen MR) is 119 cm³/mol. The summed E-state index contributed by atoms with van der Waals surface area (Å²) in [5.41, 5.74) is 3.94. The normalized spacial score (nSPS) is 12.3. The van der Waals surface area contributed by atoms with Crippen LogP contribution in [-0.4, -0.2) is 11.8 Å². The topological polar surface area (TPSA) is 58.2 Å². The summed E-state index contributed by atoms with van der Waals surface area (Å²) in [6.45, 7) is 5.91. The van der Waals surface area contributed by atoms with E-state index >= 15 is 0 Å². The van der Waals surface area contributed by atoms with Gasteiger partial charge in [0.25, 0.3) is 11.8 Å². The monoisotopic (exact) mass is 404 g/mol. The lowest BCUT2D eigenvalue weighted by atomic mass is 10.0. The van der Waals surface area contributed by atoms with Gasteiger partial charge in [0.15, 0.2) is 0 Å². The molecular weight excluding hydrogens is 380 g/mol. The lowest BCUT2D eigenvalue weighted by Crippen LogP contribution is -2.36. The highest BCUT2D eigenvalue weighted by Crippen LogP contribution is 2.18. The molecule has 2 N–H and O–H groups in total. The van der Waals surface area contributed by atoms with Crippen LogP contribution in [0.1, 0.15) is 44.9 Å². The van der Waals surface area contributed by atoms with Gasteiger partial charge in [-0.05, 0) is 61.6 Å².